The van der Waals surface area contributed by atoms with Crippen molar-refractivity contribution >= 4 is 33.3 Å². The van der Waals surface area contributed by atoms with Crippen LogP contribution >= 0.6 is 0 Å². The monoisotopic (exact) mass is 2160 g/mol. The van der Waals surface area contributed by atoms with Gasteiger partial charge in [0.1, 0.15) is 71.5 Å². The molecule has 0 unspecified atom stereocenters. The number of cyclic esters (lactones) is 2. The molecule has 0 aliphatic carbocycles. The Kier molecular flexibility index (Phi) is 47.1. The highest BCUT2D eigenvalue weighted by molar-refractivity contribution is 7.90. The second-order valence-electron chi connectivity index (χ2n) is 43.6. The van der Waals surface area contributed by atoms with Gasteiger partial charge in [0.05, 0.1) is 108 Å². The van der Waals surface area contributed by atoms with Crippen molar-refractivity contribution in [2.45, 2.75) is 415 Å². The van der Waals surface area contributed by atoms with Crippen molar-refractivity contribution in [1.29, 1.82) is 0 Å². The molecule has 6 aliphatic heterocycles. The fraction of sp³-hybridized carbons (Fsp3) is 0.822. The minimum atomic E-state index is -5.64. The summed E-state index contributed by atoms with van der Waals surface area (Å²) in [5, 5.41) is 140. The number of hydrogen-bond acceptors (Lipinski definition) is 38. The van der Waals surface area contributed by atoms with Crippen LogP contribution in [0.1, 0.15) is 214 Å². The maximum Gasteiger partial charge on any atom is 0.504 e. The molecule has 6 saturated heterocycles. The number of nitrogen functional groups attached to an aromatic ring is 1. The second kappa shape index (κ2) is 55.4. The van der Waals surface area contributed by atoms with Crippen molar-refractivity contribution in [1.82, 2.24) is 49.6 Å². The van der Waals surface area contributed by atoms with E-state index in [1.54, 1.807) is 133 Å². The van der Waals surface area contributed by atoms with Gasteiger partial charge in [0, 0.05) is 166 Å². The molecule has 854 valence electrons. The van der Waals surface area contributed by atoms with Crippen molar-refractivity contribution in [3.05, 3.63) is 93.2 Å². The standard InChI is InChI=1S/C50H84N8O13.C50H86N6O13.CF3N3O2S/c1-14-39-50(10,64)43(60)33(6)57(12)27-29(2)25-48(8,63)45(31(4)42(32(5)46(62)69-39)70-40-26-49(9,65-13)44(61)34(7)68-40)71-47-41(59)38(24-30(3)67-47)56(11)22-20-36-28-58(55-53-36)21-15-23-66-37-18-16-35(17-19-37)52-54-51;1-14-39-50(10,62)43(58)33(6)55(12)27-29(2)25-48(8,61)45(31(4)42(32(5)46(60)67-39)68-40-26-49(9,63-13)44(59)34(7)66-40)69-47-41(57)38(24-30(3)65-47)54(11)22-20-36-28-56(53-52-36)21-15-23-64-37-18-16-35(51)17-19-37;2-1(3,4)10(8,9)7-6-5/h16-19,28-34,38-45,47,59-61,63-64H,14-15,20-27H2,1-13H3;16-19,28-34,38-45,47,57-59,61-62H,14-15,20-27,51H2,1-13H3;/t2*29-,30-,31+,32-,33-,34+,38+,39-,40+,41-,42+,43-,44+,45-,47+,48-,49-,50-;/m11./s1. The van der Waals surface area contributed by atoms with Crippen LogP contribution in [0.4, 0.5) is 24.5 Å². The Morgan fingerprint density at radius 3 is 1.25 bits per heavy atom. The summed E-state index contributed by atoms with van der Waals surface area (Å²) in [6.45, 7) is 39.2. The van der Waals surface area contributed by atoms with Crippen molar-refractivity contribution < 1.29 is 149 Å². The molecule has 2 aromatic carbocycles. The molecule has 0 saturated carbocycles. The van der Waals surface area contributed by atoms with Gasteiger partial charge in [-0.3, -0.25) is 19.0 Å². The van der Waals surface area contributed by atoms with E-state index in [2.05, 4.69) is 40.4 Å². The number of esters is 2. The molecule has 150 heavy (non-hydrogen) atoms. The van der Waals surface area contributed by atoms with E-state index in [0.29, 0.717) is 102 Å². The number of alkyl halides is 3. The third-order valence-corrected chi connectivity index (χ3v) is 31.6. The number of nitrogens with two attached hydrogens (primary N) is 1. The summed E-state index contributed by atoms with van der Waals surface area (Å²) in [7, 11) is 4.91. The fourth-order valence-electron chi connectivity index (χ4n) is 21.5. The van der Waals surface area contributed by atoms with Crippen LogP contribution in [-0.2, 0) is 102 Å². The summed E-state index contributed by atoms with van der Waals surface area (Å²) in [5.41, 5.74) is 9.97. The second-order valence-corrected chi connectivity index (χ2v) is 45.1. The minimum Gasteiger partial charge on any atom is -0.494 e. The number of azide groups is 2. The maximum absolute atomic E-state index is 14.5. The SMILES string of the molecule is CC[C@H]1OC(=O)[C@H](C)[C@@H](O[C@H]2C[C@@](C)(OC)[C@@H](O)[C@H](C)O2)[C@H](C)[C@@H](O[C@@H]2O[C@H](C)C[C@H](N(C)CCc3cn(CCCOc4ccc(N)cc4)nn3)[C@H]2O)[C@](C)(O)C[C@@H](C)CN(C)[C@H](C)[C@@H](O)[C@]1(C)O.CC[C@H]1OC(=O)[C@H](C)[C@@H](O[C@H]2C[C@@](C)(OC)[C@@H](O)[C@H](C)O2)[C@H](C)[C@@H](O[C@@H]2O[C@H](C)C[C@H](N(C)CCc3cn(CCCOc4ccc(N=[N+]=[N-])cc4)nn3)[C@H]2O)[C@](C)(O)C[C@@H](C)CN(C)[C@H](C)[C@@H](O)[C@]1(C)O.[N-]=[N+]=NS(=O)(=O)C(F)(F)F. The molecule has 4 aromatic rings. The van der Waals surface area contributed by atoms with Gasteiger partial charge in [-0.1, -0.05) is 57.1 Å². The Morgan fingerprint density at radius 2 is 0.913 bits per heavy atom. The average Bonchev–Trinajstić information content (AvgIpc) is 1.08. The summed E-state index contributed by atoms with van der Waals surface area (Å²) >= 11 is 0. The largest absolute Gasteiger partial charge is 0.504 e. The summed E-state index contributed by atoms with van der Waals surface area (Å²) in [6.07, 6.45) is -11.7. The number of rotatable bonds is 32. The number of benzene rings is 2. The van der Waals surface area contributed by atoms with E-state index >= 15 is 0 Å². The lowest BCUT2D eigenvalue weighted by Crippen LogP contribution is -2.61. The van der Waals surface area contributed by atoms with Gasteiger partial charge in [0.25, 0.3) is 0 Å². The Morgan fingerprint density at radius 1 is 0.547 bits per heavy atom. The van der Waals surface area contributed by atoms with Crippen LogP contribution < -0.4 is 15.2 Å². The van der Waals surface area contributed by atoms with Crippen molar-refractivity contribution in [2.24, 2.45) is 45.1 Å². The Hall–Kier alpha value is -7.54. The third-order valence-electron chi connectivity index (χ3n) is 30.7. The number of aromatic nitrogens is 6. The van der Waals surface area contributed by atoms with E-state index in [0.717, 1.165) is 23.6 Å². The highest BCUT2D eigenvalue weighted by Gasteiger charge is 2.58. The first-order valence-corrected chi connectivity index (χ1v) is 53.4. The highest BCUT2D eigenvalue weighted by Crippen LogP contribution is 2.45. The molecule has 0 bridgehead atoms. The summed E-state index contributed by atoms with van der Waals surface area (Å²) in [5.74, 6) is -4.13. The van der Waals surface area contributed by atoms with E-state index in [4.69, 9.17) is 83.1 Å². The van der Waals surface area contributed by atoms with Crippen LogP contribution in [0.15, 0.2) is 70.6 Å². The zero-order valence-corrected chi connectivity index (χ0v) is 92.6. The Labute approximate surface area is 879 Å². The number of likely N-dealkylation sites (N-methyl/N-ethyl adjacent to an activating group) is 4. The normalized spacial score (nSPS) is 37.9. The van der Waals surface area contributed by atoms with E-state index in [-0.39, 0.29) is 62.6 Å². The van der Waals surface area contributed by atoms with Gasteiger partial charge in [-0.05, 0) is 235 Å². The predicted molar refractivity (Wildman–Crippen MR) is 544 cm³/mol. The number of aliphatic hydroxyl groups excluding tert-OH is 6. The summed E-state index contributed by atoms with van der Waals surface area (Å²) < 4.78 is 146. The number of carbonyl (C=O) groups is 2. The smallest absolute Gasteiger partial charge is 0.494 e. The van der Waals surface area contributed by atoms with E-state index in [1.807, 2.05) is 104 Å². The quantitative estimate of drug-likeness (QED) is 0.00543. The van der Waals surface area contributed by atoms with Gasteiger partial charge in [-0.25, -0.2) is 8.42 Å². The van der Waals surface area contributed by atoms with Crippen LogP contribution in [-0.4, -0.2) is 389 Å². The molecular formula is C101H170F3N17O28S. The number of halogens is 3. The van der Waals surface area contributed by atoms with Crippen LogP contribution in [0.2, 0.25) is 0 Å². The first-order valence-electron chi connectivity index (χ1n) is 51.9. The summed E-state index contributed by atoms with van der Waals surface area (Å²) in [6, 6.07) is 12.2. The molecule has 10 rings (SSSR count). The van der Waals surface area contributed by atoms with Gasteiger partial charge in [0.15, 0.2) is 25.2 Å². The molecule has 6 fully saturated rings. The lowest BCUT2D eigenvalue weighted by atomic mass is 9.77. The number of nitrogens with zero attached hydrogens (tertiary/aromatic N) is 16. The summed E-state index contributed by atoms with van der Waals surface area (Å²) in [4.78, 5) is 41.2. The molecule has 2 aromatic heterocycles. The molecule has 8 heterocycles. The number of aryl methyl sites for hydroxylation is 2. The molecule has 49 heteroatoms. The zero-order valence-electron chi connectivity index (χ0n) is 91.8. The van der Waals surface area contributed by atoms with Crippen LogP contribution in [0.25, 0.3) is 20.9 Å². The highest BCUT2D eigenvalue weighted by atomic mass is 32.2. The fourth-order valence-corrected chi connectivity index (χ4v) is 21.7. The van der Waals surface area contributed by atoms with Gasteiger partial charge < -0.3 is 143 Å². The average molecular weight is 2160 g/mol. The Bertz CT molecular complexity index is 5020. The number of sulfonamides is 1. The lowest BCUT2D eigenvalue weighted by Gasteiger charge is -2.49. The molecule has 6 aliphatic rings. The van der Waals surface area contributed by atoms with Gasteiger partial charge in [-0.2, -0.15) is 13.2 Å². The number of ether oxygens (including phenoxy) is 14. The van der Waals surface area contributed by atoms with Crippen molar-refractivity contribution in [3.63, 3.8) is 0 Å². The van der Waals surface area contributed by atoms with Gasteiger partial charge in [0.2, 0.25) is 0 Å². The van der Waals surface area contributed by atoms with E-state index in [9.17, 15) is 82.2 Å². The number of methoxy groups -OCH3 is 2. The molecule has 36 atom stereocenters. The first kappa shape index (κ1) is 128. The van der Waals surface area contributed by atoms with Crippen LogP contribution in [0.5, 0.6) is 11.5 Å². The van der Waals surface area contributed by atoms with Crippen LogP contribution in [0, 0.1) is 35.5 Å². The molecular weight excluding hydrogens is 1990 g/mol. The van der Waals surface area contributed by atoms with Crippen molar-refractivity contribution in [2.75, 3.05) is 87.5 Å². The van der Waals surface area contributed by atoms with E-state index in [1.165, 1.54) is 33.0 Å². The third kappa shape index (κ3) is 33.8. The number of carbonyl (C=O) groups excluding carboxylic acids is 2. The van der Waals surface area contributed by atoms with Gasteiger partial charge >= 0.3 is 27.5 Å². The number of anilines is 1. The molecule has 45 nitrogen and oxygen atoms in total. The molecule has 0 amide bonds. The minimum absolute atomic E-state index is 0.0986. The number of aliphatic hydroxyl groups is 10. The molecule has 0 radical (unpaired) electrons. The van der Waals surface area contributed by atoms with Crippen LogP contribution in [0.3, 0.4) is 0 Å². The Balaban J connectivity index is 0.000000334. The predicted octanol–water partition coefficient (Wildman–Crippen LogP) is 8.82. The lowest BCUT2D eigenvalue weighted by molar-refractivity contribution is -0.318. The molecule has 0 spiro atoms. The molecule has 12 N–H and O–H groups in total. The van der Waals surface area contributed by atoms with Gasteiger partial charge in [-0.15, -0.1) is 10.2 Å². The zero-order chi connectivity index (χ0) is 112. The first-order chi connectivity index (χ1) is 70.0. The topological polar surface area (TPSA) is 598 Å². The maximum atomic E-state index is 14.5. The number of hydrogen-bond donors (Lipinski definition) is 11. The van der Waals surface area contributed by atoms with Crippen molar-refractivity contribution in [3.8, 4) is 11.5 Å². The van der Waals surface area contributed by atoms with E-state index < -0.39 is 220 Å².